The summed E-state index contributed by atoms with van der Waals surface area (Å²) >= 11 is 0. The third kappa shape index (κ3) is 4.26. The standard InChI is InChI=1S/C30H43N3O4/c1-29-11-9-21(32-28(36)33-14-13-31-22(16-33)17-34)15-20(29)4-5-23-25-7-6-24(19-3-8-27(35)37-18-19)30(25,2)12-10-26(23)29/h3,7-8,18,20-24,26,31,34H,4-6,9-17H2,1-2H3,(H,32,36)/t20-,21+,22?,23+,24-,26+,29+,30-/m1/s1. The molecule has 0 bridgehead atoms. The Kier molecular flexibility index (Phi) is 6.51. The Morgan fingerprint density at radius 3 is 2.86 bits per heavy atom. The smallest absolute Gasteiger partial charge is 0.335 e. The molecule has 7 nitrogen and oxygen atoms in total. The first-order valence-electron chi connectivity index (χ1n) is 14.5. The number of aliphatic hydroxyl groups excluding tert-OH is 1. The molecular formula is C30H43N3O4. The van der Waals surface area contributed by atoms with E-state index in [-0.39, 0.29) is 35.8 Å². The normalized spacial score (nSPS) is 41.3. The lowest BCUT2D eigenvalue weighted by atomic mass is 9.45. The van der Waals surface area contributed by atoms with E-state index in [2.05, 4.69) is 30.6 Å². The van der Waals surface area contributed by atoms with Crippen LogP contribution in [-0.4, -0.2) is 54.4 Å². The zero-order valence-electron chi connectivity index (χ0n) is 22.4. The van der Waals surface area contributed by atoms with Gasteiger partial charge in [0.1, 0.15) is 0 Å². The fourth-order valence-corrected chi connectivity index (χ4v) is 9.19. The van der Waals surface area contributed by atoms with Gasteiger partial charge < -0.3 is 25.1 Å². The molecule has 4 fully saturated rings. The lowest BCUT2D eigenvalue weighted by molar-refractivity contribution is -0.0588. The molecule has 37 heavy (non-hydrogen) atoms. The minimum atomic E-state index is -0.274. The van der Waals surface area contributed by atoms with Crippen LogP contribution in [0, 0.1) is 28.6 Å². The Hall–Kier alpha value is -2.12. The maximum atomic E-state index is 13.0. The van der Waals surface area contributed by atoms with E-state index in [1.165, 1.54) is 32.1 Å². The summed E-state index contributed by atoms with van der Waals surface area (Å²) in [6, 6.07) is 3.81. The molecule has 0 aromatic carbocycles. The van der Waals surface area contributed by atoms with Crippen molar-refractivity contribution >= 4 is 6.03 Å². The highest BCUT2D eigenvalue weighted by molar-refractivity contribution is 5.74. The van der Waals surface area contributed by atoms with Crippen LogP contribution in [0.2, 0.25) is 0 Å². The number of urea groups is 1. The number of rotatable bonds is 3. The fraction of sp³-hybridized carbons (Fsp3) is 0.733. The zero-order chi connectivity index (χ0) is 25.8. The van der Waals surface area contributed by atoms with Crippen molar-refractivity contribution in [2.24, 2.45) is 28.6 Å². The summed E-state index contributed by atoms with van der Waals surface area (Å²) in [7, 11) is 0. The molecule has 4 aliphatic carbocycles. The second-order valence-corrected chi connectivity index (χ2v) is 13.0. The van der Waals surface area contributed by atoms with Crippen molar-refractivity contribution in [2.45, 2.75) is 83.2 Å². The number of carbonyl (C=O) groups is 1. The number of nitrogens with zero attached hydrogens (tertiary/aromatic N) is 1. The molecule has 2 heterocycles. The van der Waals surface area contributed by atoms with E-state index in [4.69, 9.17) is 4.42 Å². The topological polar surface area (TPSA) is 94.8 Å². The van der Waals surface area contributed by atoms with Gasteiger partial charge in [0.2, 0.25) is 0 Å². The van der Waals surface area contributed by atoms with E-state index in [0.717, 1.165) is 31.4 Å². The average Bonchev–Trinajstić information content (AvgIpc) is 3.26. The fourth-order valence-electron chi connectivity index (χ4n) is 9.19. The highest BCUT2D eigenvalue weighted by Gasteiger charge is 2.57. The Balaban J connectivity index is 1.12. The van der Waals surface area contributed by atoms with Crippen LogP contribution >= 0.6 is 0 Å². The van der Waals surface area contributed by atoms with Gasteiger partial charge in [-0.15, -0.1) is 0 Å². The van der Waals surface area contributed by atoms with Crippen LogP contribution < -0.4 is 16.3 Å². The summed E-state index contributed by atoms with van der Waals surface area (Å²) in [5.74, 6) is 2.43. The van der Waals surface area contributed by atoms with Crippen molar-refractivity contribution in [1.82, 2.24) is 15.5 Å². The second-order valence-electron chi connectivity index (χ2n) is 13.0. The van der Waals surface area contributed by atoms with Crippen LogP contribution in [0.5, 0.6) is 0 Å². The molecule has 8 atom stereocenters. The first-order valence-corrected chi connectivity index (χ1v) is 14.5. The Labute approximate surface area is 220 Å². The van der Waals surface area contributed by atoms with Gasteiger partial charge in [-0.2, -0.15) is 0 Å². The summed E-state index contributed by atoms with van der Waals surface area (Å²) in [6.45, 7) is 7.08. The van der Waals surface area contributed by atoms with Crippen LogP contribution in [0.4, 0.5) is 4.79 Å². The molecule has 6 rings (SSSR count). The van der Waals surface area contributed by atoms with Crippen LogP contribution in [0.25, 0.3) is 0 Å². The van der Waals surface area contributed by atoms with E-state index in [1.807, 2.05) is 11.0 Å². The highest BCUT2D eigenvalue weighted by atomic mass is 16.4. The SMILES string of the molecule is C[C@]12CC[C@H](NC(=O)N3CCNC(CO)C3)C[C@H]1CC[C@H]1C3=CC[C@H](c4ccc(=O)oc4)[C@@]3(C)CC[C@@H]12. The van der Waals surface area contributed by atoms with Gasteiger partial charge in [-0.25, -0.2) is 9.59 Å². The third-order valence-electron chi connectivity index (χ3n) is 11.3. The summed E-state index contributed by atoms with van der Waals surface area (Å²) in [5, 5.41) is 16.1. The van der Waals surface area contributed by atoms with Crippen LogP contribution in [0.1, 0.15) is 76.7 Å². The largest absolute Gasteiger partial charge is 0.431 e. The van der Waals surface area contributed by atoms with Crippen molar-refractivity contribution in [3.8, 4) is 0 Å². The Bertz CT molecular complexity index is 1100. The first-order chi connectivity index (χ1) is 17.8. The van der Waals surface area contributed by atoms with E-state index in [1.54, 1.807) is 17.9 Å². The lowest BCUT2D eigenvalue weighted by Crippen LogP contribution is -2.58. The number of allylic oxidation sites excluding steroid dienone is 2. The van der Waals surface area contributed by atoms with Gasteiger partial charge in [-0.05, 0) is 97.5 Å². The van der Waals surface area contributed by atoms with Gasteiger partial charge in [0.15, 0.2) is 0 Å². The summed E-state index contributed by atoms with van der Waals surface area (Å²) in [5.41, 5.74) is 3.06. The van der Waals surface area contributed by atoms with Gasteiger partial charge in [0.05, 0.1) is 12.9 Å². The van der Waals surface area contributed by atoms with E-state index in [0.29, 0.717) is 42.2 Å². The number of fused-ring (bicyclic) bond motifs is 5. The summed E-state index contributed by atoms with van der Waals surface area (Å²) in [4.78, 5) is 26.4. The molecule has 0 radical (unpaired) electrons. The van der Waals surface area contributed by atoms with E-state index < -0.39 is 0 Å². The molecule has 5 aliphatic rings. The Morgan fingerprint density at radius 1 is 1.22 bits per heavy atom. The monoisotopic (exact) mass is 509 g/mol. The van der Waals surface area contributed by atoms with Crippen molar-refractivity contribution in [3.63, 3.8) is 0 Å². The predicted octanol–water partition coefficient (Wildman–Crippen LogP) is 4.03. The molecule has 1 saturated heterocycles. The van der Waals surface area contributed by atoms with Gasteiger partial charge in [0.25, 0.3) is 0 Å². The molecule has 1 aliphatic heterocycles. The zero-order valence-corrected chi connectivity index (χ0v) is 22.4. The number of hydrogen-bond acceptors (Lipinski definition) is 5. The number of aliphatic hydroxyl groups is 1. The molecular weight excluding hydrogens is 466 g/mol. The van der Waals surface area contributed by atoms with Crippen LogP contribution in [-0.2, 0) is 0 Å². The summed E-state index contributed by atoms with van der Waals surface area (Å²) < 4.78 is 5.25. The molecule has 3 saturated carbocycles. The molecule has 7 heteroatoms. The molecule has 1 unspecified atom stereocenters. The second kappa shape index (κ2) is 9.57. The number of carbonyl (C=O) groups excluding carboxylic acids is 1. The van der Waals surface area contributed by atoms with Crippen molar-refractivity contribution in [3.05, 3.63) is 46.0 Å². The van der Waals surface area contributed by atoms with E-state index in [9.17, 15) is 14.7 Å². The number of hydrogen-bond donors (Lipinski definition) is 3. The Morgan fingerprint density at radius 2 is 2.08 bits per heavy atom. The summed E-state index contributed by atoms with van der Waals surface area (Å²) in [6.07, 6.45) is 13.5. The molecule has 1 aromatic rings. The quantitative estimate of drug-likeness (QED) is 0.535. The van der Waals surface area contributed by atoms with Gasteiger partial charge in [0, 0.05) is 37.8 Å². The number of amides is 2. The van der Waals surface area contributed by atoms with Gasteiger partial charge in [-0.1, -0.05) is 25.5 Å². The highest BCUT2D eigenvalue weighted by Crippen LogP contribution is 2.67. The maximum Gasteiger partial charge on any atom is 0.335 e. The van der Waals surface area contributed by atoms with Crippen LogP contribution in [0.3, 0.4) is 0 Å². The van der Waals surface area contributed by atoms with Crippen LogP contribution in [0.15, 0.2) is 39.3 Å². The molecule has 1 aromatic heterocycles. The minimum Gasteiger partial charge on any atom is -0.431 e. The third-order valence-corrected chi connectivity index (χ3v) is 11.3. The first kappa shape index (κ1) is 25.2. The minimum absolute atomic E-state index is 0.0219. The molecule has 2 amide bonds. The lowest BCUT2D eigenvalue weighted by Gasteiger charge is -2.60. The van der Waals surface area contributed by atoms with Gasteiger partial charge >= 0.3 is 11.7 Å². The number of nitrogens with one attached hydrogen (secondary N) is 2. The van der Waals surface area contributed by atoms with Crippen molar-refractivity contribution in [1.29, 1.82) is 0 Å². The van der Waals surface area contributed by atoms with Crippen molar-refractivity contribution < 1.29 is 14.3 Å². The molecule has 0 spiro atoms. The maximum absolute atomic E-state index is 13.0. The van der Waals surface area contributed by atoms with Crippen molar-refractivity contribution in [2.75, 3.05) is 26.2 Å². The number of piperazine rings is 1. The van der Waals surface area contributed by atoms with Gasteiger partial charge in [-0.3, -0.25) is 0 Å². The predicted molar refractivity (Wildman–Crippen MR) is 142 cm³/mol. The van der Waals surface area contributed by atoms with E-state index >= 15 is 0 Å². The average molecular weight is 510 g/mol. The molecule has 3 N–H and O–H groups in total. The molecule has 202 valence electrons.